The van der Waals surface area contributed by atoms with Gasteiger partial charge in [0, 0.05) is 11.8 Å². The summed E-state index contributed by atoms with van der Waals surface area (Å²) in [7, 11) is 0. The van der Waals surface area contributed by atoms with Crippen LogP contribution in [0, 0.1) is 0 Å². The van der Waals surface area contributed by atoms with E-state index in [4.69, 9.17) is 0 Å². The molecule has 3 aromatic rings. The molecule has 0 spiro atoms. The molecule has 0 aliphatic rings. The average molecular weight is 221 g/mol. The molecule has 0 radical (unpaired) electrons. The molecule has 0 bridgehead atoms. The maximum atomic E-state index is 4.21. The molecule has 3 nitrogen and oxygen atoms in total. The van der Waals surface area contributed by atoms with Gasteiger partial charge in [-0.1, -0.05) is 30.3 Å². The van der Waals surface area contributed by atoms with Gasteiger partial charge in [0.2, 0.25) is 0 Å². The molecule has 0 fully saturated rings. The van der Waals surface area contributed by atoms with Crippen LogP contribution in [0.15, 0.2) is 67.4 Å². The maximum Gasteiger partial charge on any atom is 0.0997 e. The second-order valence-electron chi connectivity index (χ2n) is 3.73. The molecular formula is C14H11N3. The Bertz CT molecular complexity index is 546. The van der Waals surface area contributed by atoms with Crippen LogP contribution in [0.2, 0.25) is 0 Å². The van der Waals surface area contributed by atoms with Gasteiger partial charge in [0.15, 0.2) is 0 Å². The molecule has 0 atom stereocenters. The smallest absolute Gasteiger partial charge is 0.0997 e. The Balaban J connectivity index is 2.13. The van der Waals surface area contributed by atoms with E-state index in [9.17, 15) is 0 Å². The minimum absolute atomic E-state index is 1.02. The molecule has 17 heavy (non-hydrogen) atoms. The van der Waals surface area contributed by atoms with Crippen molar-refractivity contribution in [3.8, 4) is 16.9 Å². The second kappa shape index (κ2) is 4.22. The molecule has 0 aliphatic carbocycles. The van der Waals surface area contributed by atoms with Gasteiger partial charge in [-0.25, -0.2) is 4.98 Å². The highest BCUT2D eigenvalue weighted by Crippen LogP contribution is 2.21. The van der Waals surface area contributed by atoms with Crippen molar-refractivity contribution in [3.05, 3.63) is 67.4 Å². The lowest BCUT2D eigenvalue weighted by Crippen LogP contribution is -1.95. The standard InChI is InChI=1S/C14H11N3/c1-2-5-12(6-3-1)14-10-16-11-17(14)13-7-4-8-15-9-13/h1-11H. The Labute approximate surface area is 99.4 Å². The molecule has 3 rings (SSSR count). The van der Waals surface area contributed by atoms with E-state index in [1.807, 2.05) is 47.3 Å². The third-order valence-corrected chi connectivity index (χ3v) is 2.63. The van der Waals surface area contributed by atoms with Crippen molar-refractivity contribution in [2.45, 2.75) is 0 Å². The number of aromatic nitrogens is 3. The van der Waals surface area contributed by atoms with Crippen molar-refractivity contribution < 1.29 is 0 Å². The maximum absolute atomic E-state index is 4.21. The molecule has 0 N–H and O–H groups in total. The number of imidazole rings is 1. The Kier molecular flexibility index (Phi) is 2.43. The van der Waals surface area contributed by atoms with E-state index < -0.39 is 0 Å². The van der Waals surface area contributed by atoms with Crippen LogP contribution in [0.5, 0.6) is 0 Å². The Morgan fingerprint density at radius 1 is 0.824 bits per heavy atom. The number of rotatable bonds is 2. The number of pyridine rings is 1. The lowest BCUT2D eigenvalue weighted by atomic mass is 10.1. The molecule has 0 amide bonds. The summed E-state index contributed by atoms with van der Waals surface area (Å²) in [4.78, 5) is 8.34. The van der Waals surface area contributed by atoms with Gasteiger partial charge in [0.25, 0.3) is 0 Å². The zero-order valence-corrected chi connectivity index (χ0v) is 9.19. The van der Waals surface area contributed by atoms with Gasteiger partial charge < -0.3 is 0 Å². The average Bonchev–Trinajstić information content (AvgIpc) is 2.90. The van der Waals surface area contributed by atoms with Gasteiger partial charge in [-0.05, 0) is 12.1 Å². The molecule has 0 saturated carbocycles. The largest absolute Gasteiger partial charge is 0.297 e. The first-order valence-electron chi connectivity index (χ1n) is 5.43. The van der Waals surface area contributed by atoms with Crippen LogP contribution in [0.1, 0.15) is 0 Å². The summed E-state index contributed by atoms with van der Waals surface area (Å²) in [5.74, 6) is 0. The van der Waals surface area contributed by atoms with Crippen LogP contribution in [-0.4, -0.2) is 14.5 Å². The highest BCUT2D eigenvalue weighted by Gasteiger charge is 2.05. The quantitative estimate of drug-likeness (QED) is 0.666. The Morgan fingerprint density at radius 3 is 2.47 bits per heavy atom. The minimum atomic E-state index is 1.02. The van der Waals surface area contributed by atoms with Crippen molar-refractivity contribution >= 4 is 0 Å². The molecule has 82 valence electrons. The molecular weight excluding hydrogens is 210 g/mol. The molecule has 0 aliphatic heterocycles. The fraction of sp³-hybridized carbons (Fsp3) is 0. The molecule has 3 heteroatoms. The zero-order chi connectivity index (χ0) is 11.5. The summed E-state index contributed by atoms with van der Waals surface area (Å²) < 4.78 is 2.03. The van der Waals surface area contributed by atoms with Crippen molar-refractivity contribution in [2.75, 3.05) is 0 Å². The fourth-order valence-corrected chi connectivity index (χ4v) is 1.82. The number of hydrogen-bond donors (Lipinski definition) is 0. The lowest BCUT2D eigenvalue weighted by molar-refractivity contribution is 1.04. The molecule has 2 heterocycles. The van der Waals surface area contributed by atoms with Crippen molar-refractivity contribution in [3.63, 3.8) is 0 Å². The predicted molar refractivity (Wildman–Crippen MR) is 66.8 cm³/mol. The van der Waals surface area contributed by atoms with E-state index >= 15 is 0 Å². The normalized spacial score (nSPS) is 10.4. The highest BCUT2D eigenvalue weighted by molar-refractivity contribution is 5.61. The summed E-state index contributed by atoms with van der Waals surface area (Å²) >= 11 is 0. The van der Waals surface area contributed by atoms with Crippen LogP contribution in [-0.2, 0) is 0 Å². The summed E-state index contributed by atoms with van der Waals surface area (Å²) in [6.45, 7) is 0. The van der Waals surface area contributed by atoms with Crippen LogP contribution >= 0.6 is 0 Å². The first-order valence-corrected chi connectivity index (χ1v) is 5.43. The topological polar surface area (TPSA) is 30.7 Å². The van der Waals surface area contributed by atoms with Gasteiger partial charge in [0.05, 0.1) is 30.1 Å². The zero-order valence-electron chi connectivity index (χ0n) is 9.19. The number of hydrogen-bond acceptors (Lipinski definition) is 2. The number of nitrogens with zero attached hydrogens (tertiary/aromatic N) is 3. The van der Waals surface area contributed by atoms with Crippen LogP contribution in [0.3, 0.4) is 0 Å². The van der Waals surface area contributed by atoms with E-state index in [1.54, 1.807) is 12.5 Å². The van der Waals surface area contributed by atoms with E-state index in [2.05, 4.69) is 22.1 Å². The van der Waals surface area contributed by atoms with Gasteiger partial charge in [-0.3, -0.25) is 9.55 Å². The SMILES string of the molecule is c1ccc(-c2cncn2-c2cccnc2)cc1. The predicted octanol–water partition coefficient (Wildman–Crippen LogP) is 2.93. The van der Waals surface area contributed by atoms with Crippen LogP contribution < -0.4 is 0 Å². The Hall–Kier alpha value is -2.42. The summed E-state index contributed by atoms with van der Waals surface area (Å²) in [6.07, 6.45) is 7.26. The summed E-state index contributed by atoms with van der Waals surface area (Å²) in [5.41, 5.74) is 3.23. The minimum Gasteiger partial charge on any atom is -0.297 e. The van der Waals surface area contributed by atoms with Gasteiger partial charge >= 0.3 is 0 Å². The summed E-state index contributed by atoms with van der Waals surface area (Å²) in [5, 5.41) is 0. The fourth-order valence-electron chi connectivity index (χ4n) is 1.82. The van der Waals surface area contributed by atoms with Crippen molar-refractivity contribution in [1.29, 1.82) is 0 Å². The van der Waals surface area contributed by atoms with E-state index in [0.717, 1.165) is 16.9 Å². The lowest BCUT2D eigenvalue weighted by Gasteiger charge is -2.07. The molecule has 0 unspecified atom stereocenters. The Morgan fingerprint density at radius 2 is 1.71 bits per heavy atom. The third kappa shape index (κ3) is 1.83. The van der Waals surface area contributed by atoms with Gasteiger partial charge in [-0.15, -0.1) is 0 Å². The molecule has 2 aromatic heterocycles. The molecule has 0 saturated heterocycles. The van der Waals surface area contributed by atoms with Crippen molar-refractivity contribution in [2.24, 2.45) is 0 Å². The van der Waals surface area contributed by atoms with E-state index in [1.165, 1.54) is 0 Å². The summed E-state index contributed by atoms with van der Waals surface area (Å²) in [6, 6.07) is 14.1. The van der Waals surface area contributed by atoms with Crippen molar-refractivity contribution in [1.82, 2.24) is 14.5 Å². The second-order valence-corrected chi connectivity index (χ2v) is 3.73. The first kappa shape index (κ1) is 9.78. The van der Waals surface area contributed by atoms with Crippen LogP contribution in [0.25, 0.3) is 16.9 Å². The van der Waals surface area contributed by atoms with E-state index in [-0.39, 0.29) is 0 Å². The monoisotopic (exact) mass is 221 g/mol. The van der Waals surface area contributed by atoms with Gasteiger partial charge in [0.1, 0.15) is 0 Å². The highest BCUT2D eigenvalue weighted by atomic mass is 15.1. The van der Waals surface area contributed by atoms with E-state index in [0.29, 0.717) is 0 Å². The third-order valence-electron chi connectivity index (χ3n) is 2.63. The van der Waals surface area contributed by atoms with Gasteiger partial charge in [-0.2, -0.15) is 0 Å². The van der Waals surface area contributed by atoms with Crippen LogP contribution in [0.4, 0.5) is 0 Å². The first-order chi connectivity index (χ1) is 8.45. The molecule has 1 aromatic carbocycles. The number of benzene rings is 1.